The van der Waals surface area contributed by atoms with E-state index in [9.17, 15) is 14.7 Å². The number of hydrogen-bond acceptors (Lipinski definition) is 4. The maximum atomic E-state index is 12.3. The fourth-order valence-corrected chi connectivity index (χ4v) is 4.45. The number of anilines is 1. The third-order valence-corrected chi connectivity index (χ3v) is 5.49. The molecule has 0 spiro atoms. The molecule has 1 aromatic heterocycles. The summed E-state index contributed by atoms with van der Waals surface area (Å²) in [5.74, 6) is -0.579. The zero-order valence-electron chi connectivity index (χ0n) is 15.5. The van der Waals surface area contributed by atoms with Crippen molar-refractivity contribution in [1.82, 2.24) is 0 Å². The van der Waals surface area contributed by atoms with Gasteiger partial charge in [0.15, 0.2) is 0 Å². The normalized spacial score (nSPS) is 13.6. The monoisotopic (exact) mass is 385 g/mol. The van der Waals surface area contributed by atoms with Crippen LogP contribution in [-0.2, 0) is 17.6 Å². The van der Waals surface area contributed by atoms with Gasteiger partial charge in [0.25, 0.3) is 0 Å². The molecule has 0 aliphatic heterocycles. The van der Waals surface area contributed by atoms with E-state index in [0.717, 1.165) is 47.4 Å². The lowest BCUT2D eigenvalue weighted by atomic mass is 9.95. The molecule has 142 valence electrons. The smallest absolute Gasteiger partial charge is 0.339 e. The van der Waals surface area contributed by atoms with Gasteiger partial charge < -0.3 is 15.2 Å². The highest BCUT2D eigenvalue weighted by molar-refractivity contribution is 7.17. The van der Waals surface area contributed by atoms with Crippen molar-refractivity contribution in [2.75, 3.05) is 5.32 Å². The topological polar surface area (TPSA) is 75.6 Å². The highest BCUT2D eigenvalue weighted by Crippen LogP contribution is 2.38. The first-order valence-electron chi connectivity index (χ1n) is 9.07. The molecule has 3 rings (SSSR count). The minimum Gasteiger partial charge on any atom is -0.491 e. The SMILES string of the molecule is CC(C)Oc1cccc(/C=C/C(=O)Nc2sc3c(c2C(=O)O)CCCC3)c1. The number of fused-ring (bicyclic) bond motifs is 1. The summed E-state index contributed by atoms with van der Waals surface area (Å²) in [6.07, 6.45) is 6.89. The molecular formula is C21H23NO4S. The molecule has 0 fully saturated rings. The van der Waals surface area contributed by atoms with Crippen LogP contribution in [0.25, 0.3) is 6.08 Å². The predicted octanol–water partition coefficient (Wildman–Crippen LogP) is 4.76. The van der Waals surface area contributed by atoms with E-state index in [1.807, 2.05) is 38.1 Å². The number of carbonyl (C=O) groups excluding carboxylic acids is 1. The largest absolute Gasteiger partial charge is 0.491 e. The average Bonchev–Trinajstić information content (AvgIpc) is 2.97. The number of thiophene rings is 1. The third-order valence-electron chi connectivity index (χ3n) is 4.28. The molecule has 1 heterocycles. The van der Waals surface area contributed by atoms with Crippen LogP contribution in [0.2, 0.25) is 0 Å². The molecule has 2 aromatic rings. The number of hydrogen-bond donors (Lipinski definition) is 2. The van der Waals surface area contributed by atoms with Gasteiger partial charge in [0.05, 0.1) is 11.7 Å². The van der Waals surface area contributed by atoms with Gasteiger partial charge in [0.1, 0.15) is 10.8 Å². The minimum atomic E-state index is -0.979. The first-order valence-corrected chi connectivity index (χ1v) is 9.89. The lowest BCUT2D eigenvalue weighted by Crippen LogP contribution is -2.11. The summed E-state index contributed by atoms with van der Waals surface area (Å²) in [6.45, 7) is 3.91. The third kappa shape index (κ3) is 4.77. The first-order chi connectivity index (χ1) is 12.9. The van der Waals surface area contributed by atoms with Gasteiger partial charge in [-0.2, -0.15) is 0 Å². The molecule has 5 nitrogen and oxygen atoms in total. The number of ether oxygens (including phenoxy) is 1. The van der Waals surface area contributed by atoms with E-state index in [0.29, 0.717) is 5.00 Å². The molecular weight excluding hydrogens is 362 g/mol. The van der Waals surface area contributed by atoms with Crippen molar-refractivity contribution in [3.8, 4) is 5.75 Å². The van der Waals surface area contributed by atoms with Crippen LogP contribution in [0.4, 0.5) is 5.00 Å². The highest BCUT2D eigenvalue weighted by atomic mass is 32.1. The summed E-state index contributed by atoms with van der Waals surface area (Å²) in [5, 5.41) is 12.7. The van der Waals surface area contributed by atoms with Crippen molar-refractivity contribution in [3.05, 3.63) is 51.9 Å². The maximum Gasteiger partial charge on any atom is 0.339 e. The Balaban J connectivity index is 1.74. The lowest BCUT2D eigenvalue weighted by Gasteiger charge is -2.10. The van der Waals surface area contributed by atoms with Crippen LogP contribution in [0.15, 0.2) is 30.3 Å². The Kier molecular flexibility index (Phi) is 5.96. The number of carboxylic acids is 1. The predicted molar refractivity (Wildman–Crippen MR) is 108 cm³/mol. The van der Waals surface area contributed by atoms with Crippen molar-refractivity contribution in [2.45, 2.75) is 45.6 Å². The molecule has 1 aliphatic rings. The zero-order valence-corrected chi connectivity index (χ0v) is 16.3. The zero-order chi connectivity index (χ0) is 19.4. The quantitative estimate of drug-likeness (QED) is 0.703. The Morgan fingerprint density at radius 3 is 2.78 bits per heavy atom. The highest BCUT2D eigenvalue weighted by Gasteiger charge is 2.25. The Morgan fingerprint density at radius 1 is 1.26 bits per heavy atom. The van der Waals surface area contributed by atoms with Crippen LogP contribution in [-0.4, -0.2) is 23.1 Å². The summed E-state index contributed by atoms with van der Waals surface area (Å²) >= 11 is 1.38. The molecule has 1 aromatic carbocycles. The minimum absolute atomic E-state index is 0.0758. The summed E-state index contributed by atoms with van der Waals surface area (Å²) < 4.78 is 5.65. The second-order valence-corrected chi connectivity index (χ2v) is 7.89. The molecule has 1 amide bonds. The number of carboxylic acid groups (broad SMARTS) is 1. The molecule has 0 atom stereocenters. The van der Waals surface area contributed by atoms with Gasteiger partial charge in [-0.25, -0.2) is 4.79 Å². The van der Waals surface area contributed by atoms with Crippen LogP contribution in [0.5, 0.6) is 5.75 Å². The van der Waals surface area contributed by atoms with E-state index in [1.54, 1.807) is 6.08 Å². The van der Waals surface area contributed by atoms with E-state index in [-0.39, 0.29) is 17.6 Å². The molecule has 0 radical (unpaired) electrons. The number of rotatable bonds is 6. The van der Waals surface area contributed by atoms with Crippen LogP contribution >= 0.6 is 11.3 Å². The van der Waals surface area contributed by atoms with Gasteiger partial charge in [0.2, 0.25) is 5.91 Å². The maximum absolute atomic E-state index is 12.3. The van der Waals surface area contributed by atoms with Gasteiger partial charge in [-0.05, 0) is 68.9 Å². The molecule has 0 unspecified atom stereocenters. The molecule has 2 N–H and O–H groups in total. The molecule has 6 heteroatoms. The van der Waals surface area contributed by atoms with E-state index in [1.165, 1.54) is 17.4 Å². The number of carbonyl (C=O) groups is 2. The van der Waals surface area contributed by atoms with Gasteiger partial charge in [0, 0.05) is 11.0 Å². The number of amides is 1. The number of aryl methyl sites for hydroxylation is 1. The summed E-state index contributed by atoms with van der Waals surface area (Å²) in [7, 11) is 0. The van der Waals surface area contributed by atoms with E-state index in [4.69, 9.17) is 4.74 Å². The van der Waals surface area contributed by atoms with Crippen LogP contribution in [0.3, 0.4) is 0 Å². The standard InChI is InChI=1S/C21H23NO4S/c1-13(2)26-15-7-5-6-14(12-15)10-11-18(23)22-20-19(21(24)25)16-8-3-4-9-17(16)27-20/h5-7,10-13H,3-4,8-9H2,1-2H3,(H,22,23)(H,24,25)/b11-10+. The van der Waals surface area contributed by atoms with E-state index < -0.39 is 5.97 Å². The lowest BCUT2D eigenvalue weighted by molar-refractivity contribution is -0.111. The van der Waals surface area contributed by atoms with Crippen molar-refractivity contribution in [3.63, 3.8) is 0 Å². The summed E-state index contributed by atoms with van der Waals surface area (Å²) in [5.41, 5.74) is 1.98. The van der Waals surface area contributed by atoms with Gasteiger partial charge in [-0.3, -0.25) is 4.79 Å². The van der Waals surface area contributed by atoms with Crippen molar-refractivity contribution in [1.29, 1.82) is 0 Å². The molecule has 0 bridgehead atoms. The number of nitrogens with one attached hydrogen (secondary N) is 1. The Hall–Kier alpha value is -2.60. The van der Waals surface area contributed by atoms with E-state index >= 15 is 0 Å². The van der Waals surface area contributed by atoms with Crippen LogP contribution < -0.4 is 10.1 Å². The second kappa shape index (κ2) is 8.39. The molecule has 27 heavy (non-hydrogen) atoms. The van der Waals surface area contributed by atoms with Gasteiger partial charge in [-0.15, -0.1) is 11.3 Å². The second-order valence-electron chi connectivity index (χ2n) is 6.78. The number of aromatic carboxylic acids is 1. The summed E-state index contributed by atoms with van der Waals surface area (Å²) in [4.78, 5) is 25.1. The summed E-state index contributed by atoms with van der Waals surface area (Å²) in [6, 6.07) is 7.47. The fourth-order valence-electron chi connectivity index (χ4n) is 3.17. The Bertz CT molecular complexity index is 882. The molecule has 0 saturated heterocycles. The van der Waals surface area contributed by atoms with Crippen molar-refractivity contribution >= 4 is 34.3 Å². The average molecular weight is 385 g/mol. The Labute approximate surface area is 162 Å². The molecule has 0 saturated carbocycles. The van der Waals surface area contributed by atoms with Gasteiger partial charge in [-0.1, -0.05) is 12.1 Å². The van der Waals surface area contributed by atoms with Crippen LogP contribution in [0.1, 0.15) is 53.1 Å². The van der Waals surface area contributed by atoms with Gasteiger partial charge >= 0.3 is 5.97 Å². The van der Waals surface area contributed by atoms with Crippen molar-refractivity contribution in [2.24, 2.45) is 0 Å². The van der Waals surface area contributed by atoms with Crippen LogP contribution in [0, 0.1) is 0 Å². The fraction of sp³-hybridized carbons (Fsp3) is 0.333. The van der Waals surface area contributed by atoms with E-state index in [2.05, 4.69) is 5.32 Å². The Morgan fingerprint density at radius 2 is 2.04 bits per heavy atom. The number of benzene rings is 1. The first kappa shape index (κ1) is 19.2. The molecule has 1 aliphatic carbocycles. The van der Waals surface area contributed by atoms with Crippen molar-refractivity contribution < 1.29 is 19.4 Å².